The van der Waals surface area contributed by atoms with E-state index in [1.807, 2.05) is 19.3 Å². The molecule has 14 heavy (non-hydrogen) atoms. The molecule has 4 heteroatoms. The van der Waals surface area contributed by atoms with E-state index in [0.717, 1.165) is 26.2 Å². The Morgan fingerprint density at radius 1 is 1.43 bits per heavy atom. The summed E-state index contributed by atoms with van der Waals surface area (Å²) in [4.78, 5) is 10.3. The summed E-state index contributed by atoms with van der Waals surface area (Å²) >= 11 is 0. The third-order valence-corrected chi connectivity index (χ3v) is 2.35. The highest BCUT2D eigenvalue weighted by atomic mass is 16.5. The van der Waals surface area contributed by atoms with E-state index in [1.54, 1.807) is 6.33 Å². The monoisotopic (exact) mass is 193 g/mol. The third kappa shape index (κ3) is 2.27. The van der Waals surface area contributed by atoms with Crippen molar-refractivity contribution in [3.63, 3.8) is 0 Å². The van der Waals surface area contributed by atoms with Gasteiger partial charge in [-0.2, -0.15) is 0 Å². The number of hydrogen-bond acceptors (Lipinski definition) is 4. The quantitative estimate of drug-likeness (QED) is 0.705. The van der Waals surface area contributed by atoms with Gasteiger partial charge in [-0.1, -0.05) is 0 Å². The SMILES string of the molecule is CCOC1CN(Cc2cncnc2)C1. The highest BCUT2D eigenvalue weighted by molar-refractivity contribution is 5.03. The largest absolute Gasteiger partial charge is 0.376 e. The Balaban J connectivity index is 1.74. The number of ether oxygens (including phenoxy) is 1. The molecule has 76 valence electrons. The van der Waals surface area contributed by atoms with Gasteiger partial charge in [0.2, 0.25) is 0 Å². The third-order valence-electron chi connectivity index (χ3n) is 2.35. The van der Waals surface area contributed by atoms with Gasteiger partial charge in [0.05, 0.1) is 6.10 Å². The summed E-state index contributed by atoms with van der Waals surface area (Å²) in [6, 6.07) is 0. The summed E-state index contributed by atoms with van der Waals surface area (Å²) in [5.74, 6) is 0. The van der Waals surface area contributed by atoms with E-state index in [1.165, 1.54) is 5.56 Å². The van der Waals surface area contributed by atoms with Crippen LogP contribution in [0.2, 0.25) is 0 Å². The standard InChI is InChI=1S/C10H15N3O/c1-2-14-10-6-13(7-10)5-9-3-11-8-12-4-9/h3-4,8,10H,2,5-7H2,1H3. The first-order chi connectivity index (χ1) is 6.88. The predicted octanol–water partition coefficient (Wildman–Crippen LogP) is 0.697. The fraction of sp³-hybridized carbons (Fsp3) is 0.600. The van der Waals surface area contributed by atoms with E-state index in [-0.39, 0.29) is 0 Å². The molecule has 2 heterocycles. The zero-order chi connectivity index (χ0) is 9.80. The van der Waals surface area contributed by atoms with Crippen molar-refractivity contribution in [2.45, 2.75) is 19.6 Å². The maximum Gasteiger partial charge on any atom is 0.115 e. The highest BCUT2D eigenvalue weighted by Gasteiger charge is 2.26. The van der Waals surface area contributed by atoms with E-state index < -0.39 is 0 Å². The molecule has 0 saturated carbocycles. The van der Waals surface area contributed by atoms with Gasteiger partial charge in [-0.05, 0) is 6.92 Å². The first-order valence-electron chi connectivity index (χ1n) is 4.96. The van der Waals surface area contributed by atoms with Crippen LogP contribution in [0.15, 0.2) is 18.7 Å². The minimum absolute atomic E-state index is 0.435. The molecule has 0 aliphatic carbocycles. The summed E-state index contributed by atoms with van der Waals surface area (Å²) < 4.78 is 5.47. The Morgan fingerprint density at radius 2 is 2.14 bits per heavy atom. The molecule has 0 radical (unpaired) electrons. The second-order valence-corrected chi connectivity index (χ2v) is 3.52. The predicted molar refractivity (Wildman–Crippen MR) is 52.7 cm³/mol. The van der Waals surface area contributed by atoms with Crippen molar-refractivity contribution in [3.8, 4) is 0 Å². The van der Waals surface area contributed by atoms with Crippen LogP contribution in [0.5, 0.6) is 0 Å². The zero-order valence-electron chi connectivity index (χ0n) is 8.39. The number of hydrogen-bond donors (Lipinski definition) is 0. The Morgan fingerprint density at radius 3 is 2.79 bits per heavy atom. The summed E-state index contributed by atoms with van der Waals surface area (Å²) in [6.07, 6.45) is 5.72. The van der Waals surface area contributed by atoms with Crippen LogP contribution < -0.4 is 0 Å². The minimum atomic E-state index is 0.435. The second-order valence-electron chi connectivity index (χ2n) is 3.52. The molecule has 0 spiro atoms. The van der Waals surface area contributed by atoms with Crippen LogP contribution in [0.3, 0.4) is 0 Å². The molecule has 1 aliphatic heterocycles. The van der Waals surface area contributed by atoms with E-state index in [4.69, 9.17) is 4.74 Å². The number of aromatic nitrogens is 2. The van der Waals surface area contributed by atoms with Crippen LogP contribution in [-0.4, -0.2) is 40.7 Å². The average molecular weight is 193 g/mol. The summed E-state index contributed by atoms with van der Waals surface area (Å²) in [5, 5.41) is 0. The van der Waals surface area contributed by atoms with Crippen LogP contribution in [0.4, 0.5) is 0 Å². The molecule has 1 aromatic heterocycles. The Labute approximate surface area is 83.9 Å². The van der Waals surface area contributed by atoms with E-state index >= 15 is 0 Å². The molecule has 0 aromatic carbocycles. The van der Waals surface area contributed by atoms with Gasteiger partial charge in [-0.25, -0.2) is 9.97 Å². The van der Waals surface area contributed by atoms with Crippen molar-refractivity contribution in [2.24, 2.45) is 0 Å². The molecule has 0 N–H and O–H groups in total. The van der Waals surface area contributed by atoms with E-state index in [2.05, 4.69) is 14.9 Å². The van der Waals surface area contributed by atoms with Crippen LogP contribution in [-0.2, 0) is 11.3 Å². The Hall–Kier alpha value is -1.00. The van der Waals surface area contributed by atoms with Crippen molar-refractivity contribution in [3.05, 3.63) is 24.3 Å². The Kier molecular flexibility index (Phi) is 3.06. The molecule has 1 saturated heterocycles. The molecule has 2 rings (SSSR count). The van der Waals surface area contributed by atoms with Crippen molar-refractivity contribution in [1.29, 1.82) is 0 Å². The van der Waals surface area contributed by atoms with Crippen LogP contribution in [0.25, 0.3) is 0 Å². The lowest BCUT2D eigenvalue weighted by molar-refractivity contribution is -0.0531. The van der Waals surface area contributed by atoms with Gasteiger partial charge in [0, 0.05) is 44.2 Å². The van der Waals surface area contributed by atoms with Gasteiger partial charge in [0.15, 0.2) is 0 Å². The maximum atomic E-state index is 5.47. The Bertz CT molecular complexity index is 272. The lowest BCUT2D eigenvalue weighted by Crippen LogP contribution is -2.51. The molecular formula is C10H15N3O. The minimum Gasteiger partial charge on any atom is -0.376 e. The molecule has 1 aliphatic rings. The van der Waals surface area contributed by atoms with Crippen LogP contribution in [0, 0.1) is 0 Å². The van der Waals surface area contributed by atoms with Crippen molar-refractivity contribution < 1.29 is 4.74 Å². The van der Waals surface area contributed by atoms with Crippen molar-refractivity contribution >= 4 is 0 Å². The average Bonchev–Trinajstić information content (AvgIpc) is 2.16. The smallest absolute Gasteiger partial charge is 0.115 e. The fourth-order valence-electron chi connectivity index (χ4n) is 1.66. The zero-order valence-corrected chi connectivity index (χ0v) is 8.39. The second kappa shape index (κ2) is 4.48. The van der Waals surface area contributed by atoms with Crippen molar-refractivity contribution in [2.75, 3.05) is 19.7 Å². The molecule has 0 bridgehead atoms. The fourth-order valence-corrected chi connectivity index (χ4v) is 1.66. The molecule has 0 amide bonds. The van der Waals surface area contributed by atoms with Gasteiger partial charge < -0.3 is 4.74 Å². The summed E-state index contributed by atoms with van der Waals surface area (Å²) in [7, 11) is 0. The van der Waals surface area contributed by atoms with E-state index in [0.29, 0.717) is 6.10 Å². The van der Waals surface area contributed by atoms with Gasteiger partial charge in [-0.15, -0.1) is 0 Å². The topological polar surface area (TPSA) is 38.2 Å². The molecule has 4 nitrogen and oxygen atoms in total. The molecule has 1 aromatic rings. The number of rotatable bonds is 4. The van der Waals surface area contributed by atoms with Crippen LogP contribution in [0.1, 0.15) is 12.5 Å². The summed E-state index contributed by atoms with van der Waals surface area (Å²) in [5.41, 5.74) is 1.17. The van der Waals surface area contributed by atoms with Crippen LogP contribution >= 0.6 is 0 Å². The lowest BCUT2D eigenvalue weighted by Gasteiger charge is -2.38. The van der Waals surface area contributed by atoms with Gasteiger partial charge in [-0.3, -0.25) is 4.90 Å². The molecule has 0 atom stereocenters. The highest BCUT2D eigenvalue weighted by Crippen LogP contribution is 2.14. The normalized spacial score (nSPS) is 18.1. The first-order valence-corrected chi connectivity index (χ1v) is 4.96. The molecule has 0 unspecified atom stereocenters. The van der Waals surface area contributed by atoms with Gasteiger partial charge in [0.25, 0.3) is 0 Å². The summed E-state index contributed by atoms with van der Waals surface area (Å²) in [6.45, 7) is 5.84. The maximum absolute atomic E-state index is 5.47. The first kappa shape index (κ1) is 9.55. The van der Waals surface area contributed by atoms with E-state index in [9.17, 15) is 0 Å². The molecular weight excluding hydrogens is 178 g/mol. The molecule has 1 fully saturated rings. The van der Waals surface area contributed by atoms with Gasteiger partial charge >= 0.3 is 0 Å². The number of likely N-dealkylation sites (tertiary alicyclic amines) is 1. The lowest BCUT2D eigenvalue weighted by atomic mass is 10.1. The van der Waals surface area contributed by atoms with Gasteiger partial charge in [0.1, 0.15) is 6.33 Å². The number of nitrogens with zero attached hydrogens (tertiary/aromatic N) is 3. The van der Waals surface area contributed by atoms with Crippen molar-refractivity contribution in [1.82, 2.24) is 14.9 Å².